The lowest BCUT2D eigenvalue weighted by atomic mass is 10.1. The van der Waals surface area contributed by atoms with Crippen LogP contribution in [-0.4, -0.2) is 13.0 Å². The molecule has 0 atom stereocenters. The van der Waals surface area contributed by atoms with Crippen LogP contribution in [-0.2, 0) is 6.54 Å². The molecule has 0 aromatic heterocycles. The molecule has 3 N–H and O–H groups in total. The van der Waals surface area contributed by atoms with Gasteiger partial charge < -0.3 is 15.8 Å². The Bertz CT molecular complexity index is 612. The second-order valence-electron chi connectivity index (χ2n) is 4.26. The molecular weight excluding hydrogens is 320 g/mol. The van der Waals surface area contributed by atoms with Gasteiger partial charge in [0.05, 0.1) is 12.7 Å². The molecule has 0 fully saturated rings. The van der Waals surface area contributed by atoms with Crippen LogP contribution in [0.4, 0.5) is 5.69 Å². The lowest BCUT2D eigenvalue weighted by molar-refractivity contribution is 0.0951. The van der Waals surface area contributed by atoms with E-state index in [2.05, 4.69) is 21.2 Å². The summed E-state index contributed by atoms with van der Waals surface area (Å²) in [6.45, 7) is 0.439. The molecule has 0 spiro atoms. The highest BCUT2D eigenvalue weighted by molar-refractivity contribution is 9.10. The summed E-state index contributed by atoms with van der Waals surface area (Å²) in [4.78, 5) is 12.1. The van der Waals surface area contributed by atoms with Gasteiger partial charge in [0, 0.05) is 16.7 Å². The third-order valence-electron chi connectivity index (χ3n) is 2.87. The quantitative estimate of drug-likeness (QED) is 0.845. The summed E-state index contributed by atoms with van der Waals surface area (Å²) in [6, 6.07) is 12.7. The second kappa shape index (κ2) is 6.43. The summed E-state index contributed by atoms with van der Waals surface area (Å²) >= 11 is 3.33. The topological polar surface area (TPSA) is 64.3 Å². The van der Waals surface area contributed by atoms with E-state index in [4.69, 9.17) is 10.5 Å². The lowest BCUT2D eigenvalue weighted by Gasteiger charge is -2.08. The minimum atomic E-state index is -0.195. The number of nitrogen functional groups attached to an aromatic ring is 1. The van der Waals surface area contributed by atoms with Crippen molar-refractivity contribution in [2.75, 3.05) is 12.8 Å². The highest BCUT2D eigenvalue weighted by atomic mass is 79.9. The minimum absolute atomic E-state index is 0.195. The van der Waals surface area contributed by atoms with Crippen molar-refractivity contribution in [3.63, 3.8) is 0 Å². The predicted octanol–water partition coefficient (Wildman–Crippen LogP) is 2.97. The fourth-order valence-corrected chi connectivity index (χ4v) is 2.11. The number of anilines is 1. The van der Waals surface area contributed by atoms with E-state index in [0.717, 1.165) is 15.8 Å². The molecule has 0 aliphatic carbocycles. The van der Waals surface area contributed by atoms with Crippen molar-refractivity contribution in [2.45, 2.75) is 6.54 Å². The van der Waals surface area contributed by atoms with Crippen LogP contribution in [0.1, 0.15) is 15.9 Å². The minimum Gasteiger partial charge on any atom is -0.497 e. The van der Waals surface area contributed by atoms with Crippen LogP contribution in [0, 0.1) is 0 Å². The van der Waals surface area contributed by atoms with Crippen molar-refractivity contribution in [3.8, 4) is 5.75 Å². The first-order valence-corrected chi connectivity index (χ1v) is 6.85. The van der Waals surface area contributed by atoms with E-state index in [1.807, 2.05) is 24.3 Å². The number of carbonyl (C=O) groups is 1. The van der Waals surface area contributed by atoms with E-state index in [1.165, 1.54) is 0 Å². The second-order valence-corrected chi connectivity index (χ2v) is 5.18. The summed E-state index contributed by atoms with van der Waals surface area (Å²) in [5.41, 5.74) is 7.72. The maximum atomic E-state index is 12.1. The van der Waals surface area contributed by atoms with Gasteiger partial charge in [-0.2, -0.15) is 0 Å². The highest BCUT2D eigenvalue weighted by Gasteiger charge is 2.09. The molecule has 0 aliphatic heterocycles. The van der Waals surface area contributed by atoms with Gasteiger partial charge in [0.2, 0.25) is 0 Å². The van der Waals surface area contributed by atoms with Gasteiger partial charge in [-0.05, 0) is 35.9 Å². The molecule has 0 saturated carbocycles. The number of methoxy groups -OCH3 is 1. The van der Waals surface area contributed by atoms with E-state index in [1.54, 1.807) is 25.3 Å². The Balaban J connectivity index is 2.02. The number of hydrogen-bond acceptors (Lipinski definition) is 3. The number of amides is 1. The molecule has 1 amide bonds. The molecule has 2 aromatic rings. The molecule has 0 radical (unpaired) electrons. The van der Waals surface area contributed by atoms with E-state index >= 15 is 0 Å². The summed E-state index contributed by atoms with van der Waals surface area (Å²) in [5.74, 6) is 0.593. The fourth-order valence-electron chi connectivity index (χ4n) is 1.75. The monoisotopic (exact) mass is 334 g/mol. The van der Waals surface area contributed by atoms with E-state index in [0.29, 0.717) is 17.8 Å². The van der Waals surface area contributed by atoms with Gasteiger partial charge in [0.25, 0.3) is 5.91 Å². The van der Waals surface area contributed by atoms with Crippen LogP contribution in [0.3, 0.4) is 0 Å². The Labute approximate surface area is 126 Å². The van der Waals surface area contributed by atoms with Crippen molar-refractivity contribution in [1.82, 2.24) is 5.32 Å². The SMILES string of the molecule is COc1ccc(CNC(=O)c2cc(Br)ccc2N)cc1. The average molecular weight is 335 g/mol. The van der Waals surface area contributed by atoms with E-state index < -0.39 is 0 Å². The Kier molecular flexibility index (Phi) is 4.63. The molecular formula is C15H15BrN2O2. The van der Waals surface area contributed by atoms with Gasteiger partial charge in [-0.15, -0.1) is 0 Å². The molecule has 0 saturated heterocycles. The normalized spacial score (nSPS) is 10.1. The highest BCUT2D eigenvalue weighted by Crippen LogP contribution is 2.18. The zero-order chi connectivity index (χ0) is 14.5. The van der Waals surface area contributed by atoms with E-state index in [-0.39, 0.29) is 5.91 Å². The number of nitrogens with two attached hydrogens (primary N) is 1. The number of nitrogens with one attached hydrogen (secondary N) is 1. The lowest BCUT2D eigenvalue weighted by Crippen LogP contribution is -2.23. The summed E-state index contributed by atoms with van der Waals surface area (Å²) in [6.07, 6.45) is 0. The molecule has 2 rings (SSSR count). The van der Waals surface area contributed by atoms with Gasteiger partial charge in [-0.3, -0.25) is 4.79 Å². The third-order valence-corrected chi connectivity index (χ3v) is 3.37. The van der Waals surface area contributed by atoms with Gasteiger partial charge >= 0.3 is 0 Å². The van der Waals surface area contributed by atoms with Crippen LogP contribution >= 0.6 is 15.9 Å². The molecule has 0 bridgehead atoms. The maximum absolute atomic E-state index is 12.1. The Morgan fingerprint density at radius 2 is 1.95 bits per heavy atom. The summed E-state index contributed by atoms with van der Waals surface area (Å²) in [7, 11) is 1.62. The summed E-state index contributed by atoms with van der Waals surface area (Å²) in [5, 5.41) is 2.84. The van der Waals surface area contributed by atoms with Crippen molar-refractivity contribution < 1.29 is 9.53 Å². The number of ether oxygens (including phenoxy) is 1. The van der Waals surface area contributed by atoms with Crippen LogP contribution < -0.4 is 15.8 Å². The predicted molar refractivity (Wildman–Crippen MR) is 82.7 cm³/mol. The van der Waals surface area contributed by atoms with Crippen molar-refractivity contribution in [2.24, 2.45) is 0 Å². The largest absolute Gasteiger partial charge is 0.497 e. The van der Waals surface area contributed by atoms with Gasteiger partial charge in [0.1, 0.15) is 5.75 Å². The first-order chi connectivity index (χ1) is 9.60. The Morgan fingerprint density at radius 3 is 2.60 bits per heavy atom. The summed E-state index contributed by atoms with van der Waals surface area (Å²) < 4.78 is 5.90. The number of rotatable bonds is 4. The molecule has 4 nitrogen and oxygen atoms in total. The molecule has 5 heteroatoms. The Hall–Kier alpha value is -2.01. The molecule has 0 heterocycles. The van der Waals surface area contributed by atoms with Crippen LogP contribution in [0.2, 0.25) is 0 Å². The van der Waals surface area contributed by atoms with Crippen LogP contribution in [0.25, 0.3) is 0 Å². The number of halogens is 1. The molecule has 2 aromatic carbocycles. The first kappa shape index (κ1) is 14.4. The molecule has 104 valence electrons. The van der Waals surface area contributed by atoms with Crippen molar-refractivity contribution >= 4 is 27.5 Å². The zero-order valence-corrected chi connectivity index (χ0v) is 12.6. The van der Waals surface area contributed by atoms with Crippen molar-refractivity contribution in [1.29, 1.82) is 0 Å². The number of benzene rings is 2. The molecule has 0 aliphatic rings. The van der Waals surface area contributed by atoms with Crippen LogP contribution in [0.15, 0.2) is 46.9 Å². The molecule has 20 heavy (non-hydrogen) atoms. The average Bonchev–Trinajstić information content (AvgIpc) is 2.47. The van der Waals surface area contributed by atoms with Gasteiger partial charge in [-0.1, -0.05) is 28.1 Å². The van der Waals surface area contributed by atoms with Crippen molar-refractivity contribution in [3.05, 3.63) is 58.1 Å². The Morgan fingerprint density at radius 1 is 1.25 bits per heavy atom. The molecule has 0 unspecified atom stereocenters. The third kappa shape index (κ3) is 3.51. The maximum Gasteiger partial charge on any atom is 0.253 e. The van der Waals surface area contributed by atoms with Gasteiger partial charge in [0.15, 0.2) is 0 Å². The van der Waals surface area contributed by atoms with Gasteiger partial charge in [-0.25, -0.2) is 0 Å². The van der Waals surface area contributed by atoms with E-state index in [9.17, 15) is 4.79 Å². The van der Waals surface area contributed by atoms with Crippen LogP contribution in [0.5, 0.6) is 5.75 Å². The number of carbonyl (C=O) groups excluding carboxylic acids is 1. The standard InChI is InChI=1S/C15H15BrN2O2/c1-20-12-5-2-10(3-6-12)9-18-15(19)13-8-11(16)4-7-14(13)17/h2-8H,9,17H2,1H3,(H,18,19). The fraction of sp³-hybridized carbons (Fsp3) is 0.133. The number of hydrogen-bond donors (Lipinski definition) is 2. The zero-order valence-electron chi connectivity index (χ0n) is 11.0. The smallest absolute Gasteiger partial charge is 0.253 e. The first-order valence-electron chi connectivity index (χ1n) is 6.06.